The van der Waals surface area contributed by atoms with E-state index in [2.05, 4.69) is 15.0 Å². The number of nitrogens with zero attached hydrogens (tertiary/aromatic N) is 3. The second-order valence-electron chi connectivity index (χ2n) is 5.17. The van der Waals surface area contributed by atoms with Crippen molar-refractivity contribution >= 4 is 10.9 Å². The molecule has 0 aliphatic carbocycles. The van der Waals surface area contributed by atoms with Crippen LogP contribution in [-0.2, 0) is 0 Å². The van der Waals surface area contributed by atoms with Gasteiger partial charge in [-0.15, -0.1) is 0 Å². The first-order valence-electron chi connectivity index (χ1n) is 7.40. The van der Waals surface area contributed by atoms with Crippen molar-refractivity contribution in [3.8, 4) is 23.0 Å². The number of benzene rings is 2. The van der Waals surface area contributed by atoms with Crippen molar-refractivity contribution in [1.82, 2.24) is 15.0 Å². The number of fused-ring (bicyclic) bond motifs is 1. The second kappa shape index (κ2) is 6.04. The predicted molar refractivity (Wildman–Crippen MR) is 89.2 cm³/mol. The maximum absolute atomic E-state index is 13.1. The highest BCUT2D eigenvalue weighted by Crippen LogP contribution is 2.29. The van der Waals surface area contributed by atoms with Gasteiger partial charge in [-0.05, 0) is 48.5 Å². The fraction of sp³-hybridized carbons (Fsp3) is 0. The van der Waals surface area contributed by atoms with Crippen molar-refractivity contribution in [2.75, 3.05) is 0 Å². The zero-order chi connectivity index (χ0) is 16.4. The Morgan fingerprint density at radius 2 is 1.67 bits per heavy atom. The monoisotopic (exact) mass is 317 g/mol. The van der Waals surface area contributed by atoms with E-state index < -0.39 is 0 Å². The van der Waals surface area contributed by atoms with Crippen LogP contribution in [-0.4, -0.2) is 15.0 Å². The maximum Gasteiger partial charge on any atom is 0.230 e. The number of rotatable bonds is 3. The molecule has 4 nitrogen and oxygen atoms in total. The number of hydrogen-bond acceptors (Lipinski definition) is 4. The number of hydrogen-bond donors (Lipinski definition) is 0. The summed E-state index contributed by atoms with van der Waals surface area (Å²) in [5, 5.41) is 0.787. The number of aromatic nitrogens is 3. The summed E-state index contributed by atoms with van der Waals surface area (Å²) >= 11 is 0. The van der Waals surface area contributed by atoms with E-state index in [-0.39, 0.29) is 5.82 Å². The number of ether oxygens (including phenoxy) is 1. The Kier molecular flexibility index (Phi) is 3.59. The lowest BCUT2D eigenvalue weighted by molar-refractivity contribution is 0.467. The number of para-hydroxylation sites is 1. The van der Waals surface area contributed by atoms with Gasteiger partial charge in [0.2, 0.25) is 5.88 Å². The summed E-state index contributed by atoms with van der Waals surface area (Å²) in [6.07, 6.45) is 3.40. The molecule has 4 rings (SSSR count). The van der Waals surface area contributed by atoms with E-state index in [9.17, 15) is 4.39 Å². The van der Waals surface area contributed by atoms with Gasteiger partial charge in [-0.3, -0.25) is 4.98 Å². The van der Waals surface area contributed by atoms with Crippen molar-refractivity contribution in [1.29, 1.82) is 0 Å². The van der Waals surface area contributed by atoms with Crippen LogP contribution in [0.5, 0.6) is 11.6 Å². The van der Waals surface area contributed by atoms with E-state index in [1.54, 1.807) is 24.5 Å². The van der Waals surface area contributed by atoms with Gasteiger partial charge in [-0.25, -0.2) is 9.37 Å². The first-order chi connectivity index (χ1) is 11.8. The standard InChI is InChI=1S/C19H12FN3O/c20-14-7-9-15(10-8-14)24-19-16-5-1-2-6-17(16)22-18(23-19)13-4-3-11-21-12-13/h1-12H. The van der Waals surface area contributed by atoms with Gasteiger partial charge in [0.15, 0.2) is 5.82 Å². The van der Waals surface area contributed by atoms with Crippen molar-refractivity contribution < 1.29 is 9.13 Å². The van der Waals surface area contributed by atoms with Crippen LogP contribution < -0.4 is 4.74 Å². The van der Waals surface area contributed by atoms with Gasteiger partial charge in [0.25, 0.3) is 0 Å². The van der Waals surface area contributed by atoms with Gasteiger partial charge in [-0.1, -0.05) is 12.1 Å². The van der Waals surface area contributed by atoms with Crippen LogP contribution in [0.2, 0.25) is 0 Å². The molecule has 0 saturated heterocycles. The Labute approximate surface area is 137 Å². The summed E-state index contributed by atoms with van der Waals surface area (Å²) in [6, 6.07) is 17.1. The van der Waals surface area contributed by atoms with Crippen LogP contribution in [0.15, 0.2) is 73.1 Å². The lowest BCUT2D eigenvalue weighted by atomic mass is 10.2. The van der Waals surface area contributed by atoms with Gasteiger partial charge >= 0.3 is 0 Å². The molecule has 0 spiro atoms. The highest BCUT2D eigenvalue weighted by Gasteiger charge is 2.11. The zero-order valence-electron chi connectivity index (χ0n) is 12.6. The van der Waals surface area contributed by atoms with Crippen LogP contribution >= 0.6 is 0 Å². The predicted octanol–water partition coefficient (Wildman–Crippen LogP) is 4.62. The molecule has 0 fully saturated rings. The van der Waals surface area contributed by atoms with E-state index in [1.165, 1.54) is 12.1 Å². The van der Waals surface area contributed by atoms with Gasteiger partial charge in [-0.2, -0.15) is 4.98 Å². The first kappa shape index (κ1) is 14.3. The normalized spacial score (nSPS) is 10.7. The molecule has 0 radical (unpaired) electrons. The molecule has 0 N–H and O–H groups in total. The molecule has 116 valence electrons. The number of halogens is 1. The summed E-state index contributed by atoms with van der Waals surface area (Å²) in [6.45, 7) is 0. The minimum atomic E-state index is -0.314. The Bertz CT molecular complexity index is 988. The van der Waals surface area contributed by atoms with Crippen LogP contribution in [0.4, 0.5) is 4.39 Å². The first-order valence-corrected chi connectivity index (χ1v) is 7.40. The zero-order valence-corrected chi connectivity index (χ0v) is 12.6. The van der Waals surface area contributed by atoms with Crippen LogP contribution in [0, 0.1) is 5.82 Å². The summed E-state index contributed by atoms with van der Waals surface area (Å²) in [5.74, 6) is 1.15. The molecule has 0 aliphatic heterocycles. The van der Waals surface area contributed by atoms with Crippen molar-refractivity contribution in [2.45, 2.75) is 0 Å². The Balaban J connectivity index is 1.85. The fourth-order valence-corrected chi connectivity index (χ4v) is 2.36. The topological polar surface area (TPSA) is 47.9 Å². The smallest absolute Gasteiger partial charge is 0.230 e. The molecule has 0 saturated carbocycles. The molecule has 2 heterocycles. The lowest BCUT2D eigenvalue weighted by Crippen LogP contribution is -1.96. The molecule has 0 unspecified atom stereocenters. The summed E-state index contributed by atoms with van der Waals surface area (Å²) in [7, 11) is 0. The molecule has 0 aliphatic rings. The van der Waals surface area contributed by atoms with Crippen LogP contribution in [0.25, 0.3) is 22.3 Å². The highest BCUT2D eigenvalue weighted by atomic mass is 19.1. The summed E-state index contributed by atoms with van der Waals surface area (Å²) < 4.78 is 18.9. The molecule has 5 heteroatoms. The van der Waals surface area contributed by atoms with Gasteiger partial charge in [0, 0.05) is 18.0 Å². The third kappa shape index (κ3) is 2.79. The molecular formula is C19H12FN3O. The maximum atomic E-state index is 13.1. The third-order valence-corrected chi connectivity index (χ3v) is 3.52. The molecular weight excluding hydrogens is 305 g/mol. The Morgan fingerprint density at radius 1 is 0.833 bits per heavy atom. The largest absolute Gasteiger partial charge is 0.438 e. The Hall–Kier alpha value is -3.34. The van der Waals surface area contributed by atoms with E-state index in [1.807, 2.05) is 36.4 Å². The van der Waals surface area contributed by atoms with E-state index in [0.29, 0.717) is 17.5 Å². The van der Waals surface area contributed by atoms with Crippen molar-refractivity contribution in [3.05, 3.63) is 78.9 Å². The molecule has 24 heavy (non-hydrogen) atoms. The highest BCUT2D eigenvalue weighted by molar-refractivity contribution is 5.85. The third-order valence-electron chi connectivity index (χ3n) is 3.52. The van der Waals surface area contributed by atoms with Crippen molar-refractivity contribution in [2.24, 2.45) is 0 Å². The molecule has 0 bridgehead atoms. The summed E-state index contributed by atoms with van der Waals surface area (Å²) in [5.41, 5.74) is 1.57. The molecule has 0 atom stereocenters. The minimum absolute atomic E-state index is 0.314. The molecule has 2 aromatic carbocycles. The summed E-state index contributed by atoms with van der Waals surface area (Å²) in [4.78, 5) is 13.2. The van der Waals surface area contributed by atoms with Crippen LogP contribution in [0.3, 0.4) is 0 Å². The van der Waals surface area contributed by atoms with E-state index >= 15 is 0 Å². The molecule has 0 amide bonds. The quantitative estimate of drug-likeness (QED) is 0.553. The molecule has 4 aromatic rings. The van der Waals surface area contributed by atoms with Crippen molar-refractivity contribution in [3.63, 3.8) is 0 Å². The second-order valence-corrected chi connectivity index (χ2v) is 5.17. The van der Waals surface area contributed by atoms with Gasteiger partial charge in [0.1, 0.15) is 11.6 Å². The SMILES string of the molecule is Fc1ccc(Oc2nc(-c3cccnc3)nc3ccccc23)cc1. The fourth-order valence-electron chi connectivity index (χ4n) is 2.36. The van der Waals surface area contributed by atoms with Crippen LogP contribution in [0.1, 0.15) is 0 Å². The van der Waals surface area contributed by atoms with E-state index in [4.69, 9.17) is 4.74 Å². The molecule has 2 aromatic heterocycles. The van der Waals surface area contributed by atoms with Gasteiger partial charge < -0.3 is 4.74 Å². The average molecular weight is 317 g/mol. The average Bonchev–Trinajstić information content (AvgIpc) is 2.64. The number of pyridine rings is 1. The van der Waals surface area contributed by atoms with Gasteiger partial charge in [0.05, 0.1) is 10.9 Å². The minimum Gasteiger partial charge on any atom is -0.438 e. The lowest BCUT2D eigenvalue weighted by Gasteiger charge is -2.10. The Morgan fingerprint density at radius 3 is 2.46 bits per heavy atom. The van der Waals surface area contributed by atoms with E-state index in [0.717, 1.165) is 16.5 Å².